The number of Topliss-reactive ketones (excluding diaryl/α,β-unsaturated/α-hetero) is 1. The van der Waals surface area contributed by atoms with E-state index in [1.165, 1.54) is 11.1 Å². The maximum atomic E-state index is 12.4. The molecular formula is C20H24BrN5O4. The van der Waals surface area contributed by atoms with Crippen LogP contribution >= 0.6 is 15.9 Å². The maximum Gasteiger partial charge on any atom is 0.410 e. The molecule has 0 aliphatic carbocycles. The quantitative estimate of drug-likeness (QED) is 0.611. The molecule has 1 aromatic heterocycles. The molecule has 1 aromatic carbocycles. The van der Waals surface area contributed by atoms with Crippen molar-refractivity contribution in [1.82, 2.24) is 20.2 Å². The van der Waals surface area contributed by atoms with Gasteiger partial charge in [-0.05, 0) is 42.3 Å². The third kappa shape index (κ3) is 6.80. The first-order valence-electron chi connectivity index (χ1n) is 9.09. The van der Waals surface area contributed by atoms with Crippen molar-refractivity contribution in [3.63, 3.8) is 0 Å². The minimum absolute atomic E-state index is 0.0263. The molecule has 3 N–H and O–H groups in total. The number of nitrogens with two attached hydrogens (primary N) is 1. The Morgan fingerprint density at radius 2 is 1.83 bits per heavy atom. The molecule has 0 fully saturated rings. The van der Waals surface area contributed by atoms with Gasteiger partial charge in [-0.25, -0.2) is 14.8 Å². The zero-order chi connectivity index (χ0) is 22.5. The summed E-state index contributed by atoms with van der Waals surface area (Å²) in [6.45, 7) is 5.52. The van der Waals surface area contributed by atoms with Crippen LogP contribution in [0.2, 0.25) is 0 Å². The van der Waals surface area contributed by atoms with E-state index in [1.807, 2.05) is 0 Å². The number of aromatic nitrogens is 2. The molecule has 2 rings (SSSR count). The topological polar surface area (TPSA) is 128 Å². The molecule has 0 aliphatic heterocycles. The second-order valence-electron chi connectivity index (χ2n) is 7.57. The highest BCUT2D eigenvalue weighted by atomic mass is 79.9. The fourth-order valence-corrected chi connectivity index (χ4v) is 2.64. The van der Waals surface area contributed by atoms with Crippen LogP contribution in [0.25, 0.3) is 0 Å². The van der Waals surface area contributed by atoms with Crippen molar-refractivity contribution in [3.05, 3.63) is 51.9 Å². The van der Waals surface area contributed by atoms with Crippen LogP contribution in [0.1, 0.15) is 47.2 Å². The summed E-state index contributed by atoms with van der Waals surface area (Å²) in [7, 11) is 1.64. The normalized spacial score (nSPS) is 11.0. The van der Waals surface area contributed by atoms with Gasteiger partial charge < -0.3 is 20.7 Å². The van der Waals surface area contributed by atoms with E-state index in [1.54, 1.807) is 52.1 Å². The molecular weight excluding hydrogens is 454 g/mol. The Kier molecular flexibility index (Phi) is 7.49. The van der Waals surface area contributed by atoms with Crippen LogP contribution in [0, 0.1) is 0 Å². The molecule has 0 radical (unpaired) electrons. The smallest absolute Gasteiger partial charge is 0.410 e. The Balaban J connectivity index is 1.92. The first-order valence-corrected chi connectivity index (χ1v) is 9.88. The van der Waals surface area contributed by atoms with E-state index in [-0.39, 0.29) is 23.8 Å². The second kappa shape index (κ2) is 9.66. The lowest BCUT2D eigenvalue weighted by Gasteiger charge is -2.24. The molecule has 160 valence electrons. The van der Waals surface area contributed by atoms with Crippen molar-refractivity contribution >= 4 is 39.5 Å². The minimum atomic E-state index is -0.592. The van der Waals surface area contributed by atoms with E-state index >= 15 is 0 Å². The fraction of sp³-hybridized carbons (Fsp3) is 0.350. The summed E-state index contributed by atoms with van der Waals surface area (Å²) in [6, 6.07) is 6.77. The molecule has 0 saturated heterocycles. The number of nitrogens with one attached hydrogen (secondary N) is 1. The molecule has 30 heavy (non-hydrogen) atoms. The molecule has 10 heteroatoms. The monoisotopic (exact) mass is 477 g/mol. The Hall–Kier alpha value is -3.01. The molecule has 0 spiro atoms. The molecule has 0 aliphatic rings. The summed E-state index contributed by atoms with van der Waals surface area (Å²) in [4.78, 5) is 45.8. The number of hydrogen-bond donors (Lipinski definition) is 2. The number of anilines is 1. The van der Waals surface area contributed by atoms with Crippen molar-refractivity contribution < 1.29 is 19.1 Å². The average Bonchev–Trinajstić information content (AvgIpc) is 2.67. The van der Waals surface area contributed by atoms with Crippen molar-refractivity contribution in [2.45, 2.75) is 32.9 Å². The van der Waals surface area contributed by atoms with Crippen molar-refractivity contribution in [3.8, 4) is 0 Å². The molecule has 0 atom stereocenters. The molecule has 0 bridgehead atoms. The van der Waals surface area contributed by atoms with Crippen LogP contribution in [0.4, 0.5) is 10.6 Å². The number of nitrogen functional groups attached to an aromatic ring is 1. The number of ketones is 1. The van der Waals surface area contributed by atoms with E-state index < -0.39 is 17.6 Å². The second-order valence-corrected chi connectivity index (χ2v) is 8.38. The van der Waals surface area contributed by atoms with Gasteiger partial charge in [0.2, 0.25) is 0 Å². The molecule has 0 saturated carbocycles. The summed E-state index contributed by atoms with van der Waals surface area (Å²) in [6.07, 6.45) is 0.944. The number of nitrogens with zero attached hydrogens (tertiary/aromatic N) is 3. The van der Waals surface area contributed by atoms with Gasteiger partial charge >= 0.3 is 6.09 Å². The first kappa shape index (κ1) is 23.3. The van der Waals surface area contributed by atoms with Crippen molar-refractivity contribution in [2.75, 3.05) is 19.3 Å². The number of ether oxygens (including phenoxy) is 1. The molecule has 1 heterocycles. The zero-order valence-corrected chi connectivity index (χ0v) is 18.8. The number of amides is 2. The lowest BCUT2D eigenvalue weighted by atomic mass is 10.1. The summed E-state index contributed by atoms with van der Waals surface area (Å²) >= 11 is 3.12. The number of rotatable bonds is 6. The summed E-state index contributed by atoms with van der Waals surface area (Å²) in [5, 5.41) is 2.49. The highest BCUT2D eigenvalue weighted by Crippen LogP contribution is 2.13. The van der Waals surface area contributed by atoms with E-state index in [9.17, 15) is 14.4 Å². The van der Waals surface area contributed by atoms with Crippen LogP contribution in [0.15, 0.2) is 35.1 Å². The zero-order valence-electron chi connectivity index (χ0n) is 17.2. The van der Waals surface area contributed by atoms with Crippen molar-refractivity contribution in [2.24, 2.45) is 0 Å². The summed E-state index contributed by atoms with van der Waals surface area (Å²) < 4.78 is 5.67. The van der Waals surface area contributed by atoms with E-state index in [0.29, 0.717) is 16.7 Å². The van der Waals surface area contributed by atoms with Gasteiger partial charge in [0.05, 0.1) is 12.7 Å². The lowest BCUT2D eigenvalue weighted by Crippen LogP contribution is -2.33. The van der Waals surface area contributed by atoms with Crippen LogP contribution in [-0.2, 0) is 11.3 Å². The fourth-order valence-electron chi connectivity index (χ4n) is 2.36. The van der Waals surface area contributed by atoms with Gasteiger partial charge in [-0.1, -0.05) is 24.3 Å². The summed E-state index contributed by atoms with van der Waals surface area (Å²) in [5.74, 6) is -0.899. The molecule has 2 aromatic rings. The Labute approximate surface area is 183 Å². The van der Waals surface area contributed by atoms with Gasteiger partial charge in [0, 0.05) is 19.2 Å². The largest absolute Gasteiger partial charge is 0.444 e. The number of halogens is 1. The van der Waals surface area contributed by atoms with Gasteiger partial charge in [-0.3, -0.25) is 9.59 Å². The van der Waals surface area contributed by atoms with E-state index in [2.05, 4.69) is 31.2 Å². The predicted molar refractivity (Wildman–Crippen MR) is 115 cm³/mol. The highest BCUT2D eigenvalue weighted by molar-refractivity contribution is 9.10. The Morgan fingerprint density at radius 3 is 2.43 bits per heavy atom. The van der Waals surface area contributed by atoms with Gasteiger partial charge in [-0.2, -0.15) is 0 Å². The van der Waals surface area contributed by atoms with Crippen LogP contribution < -0.4 is 11.1 Å². The van der Waals surface area contributed by atoms with Gasteiger partial charge in [0.1, 0.15) is 10.2 Å². The average molecular weight is 478 g/mol. The third-order valence-electron chi connectivity index (χ3n) is 3.80. The number of hydrogen-bond acceptors (Lipinski definition) is 7. The number of carbonyl (C=O) groups excluding carboxylic acids is 3. The lowest BCUT2D eigenvalue weighted by molar-refractivity contribution is 0.0285. The minimum Gasteiger partial charge on any atom is -0.444 e. The maximum absolute atomic E-state index is 12.4. The van der Waals surface area contributed by atoms with Crippen LogP contribution in [-0.4, -0.2) is 51.8 Å². The van der Waals surface area contributed by atoms with Crippen LogP contribution in [0.3, 0.4) is 0 Å². The van der Waals surface area contributed by atoms with Gasteiger partial charge in [-0.15, -0.1) is 0 Å². The van der Waals surface area contributed by atoms with Crippen LogP contribution in [0.5, 0.6) is 0 Å². The molecule has 2 amide bonds. The molecule has 0 unspecified atom stereocenters. The number of carbonyl (C=O) groups is 3. The first-order chi connectivity index (χ1) is 14.0. The van der Waals surface area contributed by atoms with Gasteiger partial charge in [0.15, 0.2) is 17.3 Å². The Morgan fingerprint density at radius 1 is 1.20 bits per heavy atom. The standard InChI is InChI=1S/C20H24BrN5O4/c1-20(2,3)30-19(29)26(4)11-12-5-7-13(8-6-12)14(27)9-24-18(28)16-17(22)23-10-15(21)25-16/h5-8,10H,9,11H2,1-4H3,(H2,22,23)(H,24,28). The molecule has 9 nitrogen and oxygen atoms in total. The third-order valence-corrected chi connectivity index (χ3v) is 4.18. The Bertz CT molecular complexity index is 941. The highest BCUT2D eigenvalue weighted by Gasteiger charge is 2.20. The van der Waals surface area contributed by atoms with Crippen molar-refractivity contribution in [1.29, 1.82) is 0 Å². The SMILES string of the molecule is CN(Cc1ccc(C(=O)CNC(=O)c2nc(Br)cnc2N)cc1)C(=O)OC(C)(C)C. The van der Waals surface area contributed by atoms with E-state index in [0.717, 1.165) is 5.56 Å². The predicted octanol–water partition coefficient (Wildman–Crippen LogP) is 2.80. The van der Waals surface area contributed by atoms with E-state index in [4.69, 9.17) is 10.5 Å². The van der Waals surface area contributed by atoms with Gasteiger partial charge in [0.25, 0.3) is 5.91 Å². The number of benzene rings is 1. The summed E-state index contributed by atoms with van der Waals surface area (Å²) in [5.41, 5.74) is 6.27.